The van der Waals surface area contributed by atoms with E-state index in [0.29, 0.717) is 18.7 Å². The molecule has 1 aromatic carbocycles. The van der Waals surface area contributed by atoms with Crippen molar-refractivity contribution in [1.29, 1.82) is 0 Å². The van der Waals surface area contributed by atoms with Crippen LogP contribution in [0, 0.1) is 0 Å². The lowest BCUT2D eigenvalue weighted by Crippen LogP contribution is -2.47. The number of hydrogen-bond donors (Lipinski definition) is 2. The van der Waals surface area contributed by atoms with Crippen molar-refractivity contribution in [3.63, 3.8) is 0 Å². The molecule has 2 N–H and O–H groups in total. The highest BCUT2D eigenvalue weighted by Crippen LogP contribution is 2.11. The number of hydrogen-bond acceptors (Lipinski definition) is 4. The number of nitrogens with zero attached hydrogens (tertiary/aromatic N) is 1. The Labute approximate surface area is 148 Å². The van der Waals surface area contributed by atoms with Gasteiger partial charge in [0, 0.05) is 36.1 Å². The Bertz CT molecular complexity index is 605. The van der Waals surface area contributed by atoms with E-state index in [1.54, 1.807) is 29.2 Å². The maximum Gasteiger partial charge on any atom is 0.306 e. The molecule has 1 atom stereocenters. The van der Waals surface area contributed by atoms with Crippen LogP contribution in [0.5, 0.6) is 0 Å². The molecule has 130 valence electrons. The van der Waals surface area contributed by atoms with Gasteiger partial charge in [-0.1, -0.05) is 15.9 Å². The van der Waals surface area contributed by atoms with Crippen LogP contribution in [0.25, 0.3) is 0 Å². The van der Waals surface area contributed by atoms with Gasteiger partial charge in [0.2, 0.25) is 5.91 Å². The van der Waals surface area contributed by atoms with E-state index in [1.165, 1.54) is 0 Å². The molecular weight excluding hydrogens is 380 g/mol. The maximum absolute atomic E-state index is 12.2. The van der Waals surface area contributed by atoms with Gasteiger partial charge < -0.3 is 20.1 Å². The predicted octanol–water partition coefficient (Wildman–Crippen LogP) is 1.27. The van der Waals surface area contributed by atoms with Crippen LogP contribution in [-0.2, 0) is 14.3 Å². The van der Waals surface area contributed by atoms with E-state index in [9.17, 15) is 14.4 Å². The molecule has 0 aliphatic carbocycles. The number of carboxylic acid groups (broad SMARTS) is 1. The lowest BCUT2D eigenvalue weighted by atomic mass is 10.2. The molecule has 0 spiro atoms. The van der Waals surface area contributed by atoms with E-state index in [4.69, 9.17) is 9.84 Å². The normalized spacial score (nSPS) is 17.4. The number of carbonyl (C=O) groups excluding carboxylic acids is 2. The molecule has 2 amide bonds. The summed E-state index contributed by atoms with van der Waals surface area (Å²) in [6.07, 6.45) is -0.427. The molecule has 1 heterocycles. The van der Waals surface area contributed by atoms with Gasteiger partial charge in [-0.05, 0) is 24.3 Å². The molecule has 1 saturated heterocycles. The van der Waals surface area contributed by atoms with E-state index in [-0.39, 0.29) is 37.7 Å². The summed E-state index contributed by atoms with van der Waals surface area (Å²) in [6, 6.07) is 6.94. The van der Waals surface area contributed by atoms with Gasteiger partial charge in [-0.15, -0.1) is 0 Å². The van der Waals surface area contributed by atoms with Crippen molar-refractivity contribution in [3.05, 3.63) is 34.3 Å². The quantitative estimate of drug-likeness (QED) is 0.751. The number of rotatable bonds is 6. The van der Waals surface area contributed by atoms with Crippen molar-refractivity contribution >= 4 is 33.7 Å². The second kappa shape index (κ2) is 8.79. The molecule has 24 heavy (non-hydrogen) atoms. The van der Waals surface area contributed by atoms with Crippen LogP contribution < -0.4 is 5.32 Å². The number of carboxylic acids is 1. The maximum atomic E-state index is 12.2. The molecule has 1 aliphatic rings. The third kappa shape index (κ3) is 5.61. The van der Waals surface area contributed by atoms with Gasteiger partial charge in [0.25, 0.3) is 5.91 Å². The molecule has 1 unspecified atom stereocenters. The van der Waals surface area contributed by atoms with Crippen molar-refractivity contribution in [2.75, 3.05) is 26.2 Å². The Kier molecular flexibility index (Phi) is 6.74. The molecular formula is C16H19BrN2O5. The van der Waals surface area contributed by atoms with Gasteiger partial charge >= 0.3 is 5.97 Å². The highest BCUT2D eigenvalue weighted by molar-refractivity contribution is 9.10. The van der Waals surface area contributed by atoms with Crippen LogP contribution in [0.3, 0.4) is 0 Å². The summed E-state index contributed by atoms with van der Waals surface area (Å²) in [6.45, 7) is 1.27. The Hall–Kier alpha value is -1.93. The summed E-state index contributed by atoms with van der Waals surface area (Å²) in [5.41, 5.74) is 0.526. The largest absolute Gasteiger partial charge is 0.481 e. The van der Waals surface area contributed by atoms with Gasteiger partial charge in [-0.2, -0.15) is 0 Å². The van der Waals surface area contributed by atoms with E-state index < -0.39 is 12.1 Å². The summed E-state index contributed by atoms with van der Waals surface area (Å²) in [5.74, 6) is -1.30. The van der Waals surface area contributed by atoms with Crippen LogP contribution >= 0.6 is 15.9 Å². The van der Waals surface area contributed by atoms with E-state index in [1.807, 2.05) is 0 Å². The zero-order chi connectivity index (χ0) is 17.5. The zero-order valence-corrected chi connectivity index (χ0v) is 14.6. The number of halogens is 1. The van der Waals surface area contributed by atoms with Gasteiger partial charge in [-0.25, -0.2) is 0 Å². The van der Waals surface area contributed by atoms with Crippen LogP contribution in [0.2, 0.25) is 0 Å². The number of aliphatic carboxylic acids is 1. The molecule has 1 fully saturated rings. The zero-order valence-electron chi connectivity index (χ0n) is 13.0. The van der Waals surface area contributed by atoms with E-state index in [2.05, 4.69) is 21.2 Å². The number of benzene rings is 1. The third-order valence-corrected chi connectivity index (χ3v) is 4.15. The minimum atomic E-state index is -0.948. The highest BCUT2D eigenvalue weighted by Gasteiger charge is 2.25. The van der Waals surface area contributed by atoms with Gasteiger partial charge in [0.05, 0.1) is 19.1 Å². The number of ether oxygens (including phenoxy) is 1. The summed E-state index contributed by atoms with van der Waals surface area (Å²) in [5, 5.41) is 11.5. The van der Waals surface area contributed by atoms with Crippen molar-refractivity contribution in [2.45, 2.75) is 18.9 Å². The Morgan fingerprint density at radius 2 is 2.00 bits per heavy atom. The van der Waals surface area contributed by atoms with E-state index >= 15 is 0 Å². The summed E-state index contributed by atoms with van der Waals surface area (Å²) in [4.78, 5) is 36.4. The Morgan fingerprint density at radius 1 is 1.29 bits per heavy atom. The fourth-order valence-electron chi connectivity index (χ4n) is 2.41. The van der Waals surface area contributed by atoms with Crippen molar-refractivity contribution in [2.24, 2.45) is 0 Å². The first-order valence-corrected chi connectivity index (χ1v) is 8.40. The van der Waals surface area contributed by atoms with Gasteiger partial charge in [0.1, 0.15) is 0 Å². The molecule has 7 nitrogen and oxygen atoms in total. The lowest BCUT2D eigenvalue weighted by Gasteiger charge is -2.32. The number of amides is 2. The SMILES string of the molecule is O=C(O)CC1CN(C(=O)CCNC(=O)c2ccc(Br)cc2)CCO1. The van der Waals surface area contributed by atoms with Crippen LogP contribution in [0.1, 0.15) is 23.2 Å². The van der Waals surface area contributed by atoms with E-state index in [0.717, 1.165) is 4.47 Å². The molecule has 0 saturated carbocycles. The average Bonchev–Trinajstić information content (AvgIpc) is 2.55. The monoisotopic (exact) mass is 398 g/mol. The highest BCUT2D eigenvalue weighted by atomic mass is 79.9. The van der Waals surface area contributed by atoms with Crippen molar-refractivity contribution < 1.29 is 24.2 Å². The fourth-order valence-corrected chi connectivity index (χ4v) is 2.67. The second-order valence-corrected chi connectivity index (χ2v) is 6.36. The summed E-state index contributed by atoms with van der Waals surface area (Å²) < 4.78 is 6.22. The summed E-state index contributed by atoms with van der Waals surface area (Å²) in [7, 11) is 0. The standard InChI is InChI=1S/C16H19BrN2O5/c17-12-3-1-11(2-4-12)16(23)18-6-5-14(20)19-7-8-24-13(10-19)9-15(21)22/h1-4,13H,5-10H2,(H,18,23)(H,21,22). The van der Waals surface area contributed by atoms with Crippen LogP contribution in [0.15, 0.2) is 28.7 Å². The molecule has 0 aromatic heterocycles. The van der Waals surface area contributed by atoms with Crippen molar-refractivity contribution in [3.8, 4) is 0 Å². The second-order valence-electron chi connectivity index (χ2n) is 5.44. The first kappa shape index (κ1) is 18.4. The molecule has 2 rings (SSSR count). The topological polar surface area (TPSA) is 95.9 Å². The Balaban J connectivity index is 1.75. The predicted molar refractivity (Wildman–Crippen MR) is 89.7 cm³/mol. The van der Waals surface area contributed by atoms with Gasteiger partial charge in [-0.3, -0.25) is 14.4 Å². The minimum absolute atomic E-state index is 0.121. The fraction of sp³-hybridized carbons (Fsp3) is 0.438. The molecule has 0 radical (unpaired) electrons. The first-order chi connectivity index (χ1) is 11.5. The number of morpholine rings is 1. The third-order valence-electron chi connectivity index (χ3n) is 3.62. The molecule has 1 aliphatic heterocycles. The molecule has 1 aromatic rings. The smallest absolute Gasteiger partial charge is 0.306 e. The number of nitrogens with one attached hydrogen (secondary N) is 1. The molecule has 8 heteroatoms. The molecule has 0 bridgehead atoms. The lowest BCUT2D eigenvalue weighted by molar-refractivity contribution is -0.147. The average molecular weight is 399 g/mol. The number of carbonyl (C=O) groups is 3. The minimum Gasteiger partial charge on any atom is -0.481 e. The first-order valence-electron chi connectivity index (χ1n) is 7.60. The van der Waals surface area contributed by atoms with Crippen molar-refractivity contribution in [1.82, 2.24) is 10.2 Å². The van der Waals surface area contributed by atoms with Crippen LogP contribution in [0.4, 0.5) is 0 Å². The Morgan fingerprint density at radius 3 is 2.67 bits per heavy atom. The van der Waals surface area contributed by atoms with Gasteiger partial charge in [0.15, 0.2) is 0 Å². The summed E-state index contributed by atoms with van der Waals surface area (Å²) >= 11 is 3.30. The van der Waals surface area contributed by atoms with Crippen LogP contribution in [-0.4, -0.2) is 60.1 Å².